The van der Waals surface area contributed by atoms with Gasteiger partial charge in [-0.05, 0) is 31.7 Å². The highest BCUT2D eigenvalue weighted by Crippen LogP contribution is 2.39. The fourth-order valence-electron chi connectivity index (χ4n) is 3.30. The molecule has 1 aliphatic heterocycles. The van der Waals surface area contributed by atoms with Crippen molar-refractivity contribution in [3.8, 4) is 0 Å². The number of hydrogen-bond acceptors (Lipinski definition) is 4. The van der Waals surface area contributed by atoms with Crippen LogP contribution in [0.4, 0.5) is 0 Å². The molecule has 1 aliphatic carbocycles. The molecule has 0 radical (unpaired) electrons. The Hall–Kier alpha value is -1.40. The second-order valence-electron chi connectivity index (χ2n) is 6.65. The van der Waals surface area contributed by atoms with Gasteiger partial charge in [0.2, 0.25) is 0 Å². The smallest absolute Gasteiger partial charge is 0.269 e. The minimum Gasteiger partial charge on any atom is -0.348 e. The van der Waals surface area contributed by atoms with Crippen LogP contribution in [0.2, 0.25) is 0 Å². The summed E-state index contributed by atoms with van der Waals surface area (Å²) in [6.07, 6.45) is 4.14. The molecule has 2 heterocycles. The van der Waals surface area contributed by atoms with Crippen LogP contribution in [0.1, 0.15) is 48.8 Å². The Balaban J connectivity index is 1.51. The van der Waals surface area contributed by atoms with Crippen LogP contribution in [-0.2, 0) is 16.5 Å². The lowest BCUT2D eigenvalue weighted by Crippen LogP contribution is -2.38. The zero-order valence-electron chi connectivity index (χ0n) is 13.6. The molecule has 1 N–H and O–H groups in total. The molecule has 1 saturated heterocycles. The highest BCUT2D eigenvalue weighted by molar-refractivity contribution is 5.92. The summed E-state index contributed by atoms with van der Waals surface area (Å²) >= 11 is 0. The molecule has 0 aromatic carbocycles. The second-order valence-corrected chi connectivity index (χ2v) is 6.65. The van der Waals surface area contributed by atoms with Crippen molar-refractivity contribution in [1.29, 1.82) is 0 Å². The molecule has 6 heteroatoms. The molecule has 122 valence electrons. The molecule has 1 atom stereocenters. The molecule has 3 rings (SSSR count). The van der Waals surface area contributed by atoms with E-state index in [0.29, 0.717) is 18.8 Å². The van der Waals surface area contributed by atoms with Crippen LogP contribution in [0, 0.1) is 12.8 Å². The van der Waals surface area contributed by atoms with E-state index in [-0.39, 0.29) is 12.0 Å². The molecule has 0 bridgehead atoms. The van der Waals surface area contributed by atoms with Crippen LogP contribution in [0.15, 0.2) is 6.07 Å². The Labute approximate surface area is 131 Å². The largest absolute Gasteiger partial charge is 0.348 e. The van der Waals surface area contributed by atoms with Gasteiger partial charge in [0, 0.05) is 26.4 Å². The normalized spacial score (nSPS) is 31.6. The van der Waals surface area contributed by atoms with E-state index in [9.17, 15) is 4.79 Å². The first-order valence-corrected chi connectivity index (χ1v) is 8.08. The predicted molar refractivity (Wildman–Crippen MR) is 81.5 cm³/mol. The third kappa shape index (κ3) is 3.17. The zero-order chi connectivity index (χ0) is 15.7. The number of aromatic nitrogens is 2. The van der Waals surface area contributed by atoms with E-state index >= 15 is 0 Å². The Kier molecular flexibility index (Phi) is 4.23. The topological polar surface area (TPSA) is 65.4 Å². The lowest BCUT2D eigenvalue weighted by molar-refractivity contribution is -0.191. The summed E-state index contributed by atoms with van der Waals surface area (Å²) < 4.78 is 13.6. The number of aryl methyl sites for hydroxylation is 2. The van der Waals surface area contributed by atoms with Crippen LogP contribution in [0.5, 0.6) is 0 Å². The average Bonchev–Trinajstić information content (AvgIpc) is 3.04. The number of carbonyl (C=O) groups excluding carboxylic acids is 1. The Morgan fingerprint density at radius 3 is 2.86 bits per heavy atom. The highest BCUT2D eigenvalue weighted by atomic mass is 16.7. The van der Waals surface area contributed by atoms with Crippen molar-refractivity contribution in [2.24, 2.45) is 13.0 Å². The van der Waals surface area contributed by atoms with Crippen molar-refractivity contribution in [3.63, 3.8) is 0 Å². The number of rotatable bonds is 3. The van der Waals surface area contributed by atoms with E-state index in [1.807, 2.05) is 6.92 Å². The lowest BCUT2D eigenvalue weighted by atomic mass is 9.86. The number of amides is 1. The third-order valence-corrected chi connectivity index (χ3v) is 4.67. The average molecular weight is 307 g/mol. The molecule has 2 fully saturated rings. The van der Waals surface area contributed by atoms with Crippen molar-refractivity contribution in [2.45, 2.75) is 51.4 Å². The molecule has 22 heavy (non-hydrogen) atoms. The minimum atomic E-state index is -0.398. The molecule has 1 amide bonds. The van der Waals surface area contributed by atoms with Crippen LogP contribution in [0.3, 0.4) is 0 Å². The van der Waals surface area contributed by atoms with E-state index in [1.54, 1.807) is 17.8 Å². The zero-order valence-corrected chi connectivity index (χ0v) is 13.6. The summed E-state index contributed by atoms with van der Waals surface area (Å²) in [6.45, 7) is 5.17. The molecular formula is C16H25N3O3. The van der Waals surface area contributed by atoms with Gasteiger partial charge < -0.3 is 14.8 Å². The quantitative estimate of drug-likeness (QED) is 0.924. The first-order valence-electron chi connectivity index (χ1n) is 8.08. The molecule has 2 aliphatic rings. The summed E-state index contributed by atoms with van der Waals surface area (Å²) in [5.41, 5.74) is 1.40. The summed E-state index contributed by atoms with van der Waals surface area (Å²) in [5, 5.41) is 7.11. The van der Waals surface area contributed by atoms with Crippen molar-refractivity contribution in [1.82, 2.24) is 15.1 Å². The van der Waals surface area contributed by atoms with Crippen LogP contribution in [-0.4, -0.2) is 40.7 Å². The number of nitrogens with zero attached hydrogens (tertiary/aromatic N) is 2. The standard InChI is InChI=1S/C16H25N3O3/c1-11-4-6-16(7-5-11)21-10-13(22-16)9-17-15(20)14-8-12(2)18-19(14)3/h8,11,13H,4-7,9-10H2,1-3H3,(H,17,20)/t11?,13-,16?/m1/s1. The monoisotopic (exact) mass is 307 g/mol. The van der Waals surface area contributed by atoms with E-state index in [2.05, 4.69) is 17.3 Å². The fraction of sp³-hybridized carbons (Fsp3) is 0.750. The van der Waals surface area contributed by atoms with Gasteiger partial charge in [0.15, 0.2) is 5.79 Å². The van der Waals surface area contributed by atoms with Gasteiger partial charge in [-0.3, -0.25) is 9.48 Å². The molecule has 1 aromatic heterocycles. The molecule has 1 aromatic rings. The molecule has 6 nitrogen and oxygen atoms in total. The van der Waals surface area contributed by atoms with Crippen molar-refractivity contribution < 1.29 is 14.3 Å². The van der Waals surface area contributed by atoms with Crippen molar-refractivity contribution in [2.75, 3.05) is 13.2 Å². The van der Waals surface area contributed by atoms with Gasteiger partial charge in [-0.25, -0.2) is 0 Å². The highest BCUT2D eigenvalue weighted by Gasteiger charge is 2.43. The van der Waals surface area contributed by atoms with Crippen LogP contribution >= 0.6 is 0 Å². The fourth-order valence-corrected chi connectivity index (χ4v) is 3.30. The molecule has 0 unspecified atom stereocenters. The van der Waals surface area contributed by atoms with E-state index in [1.165, 1.54) is 0 Å². The summed E-state index contributed by atoms with van der Waals surface area (Å²) in [7, 11) is 1.77. The van der Waals surface area contributed by atoms with Gasteiger partial charge in [0.1, 0.15) is 11.8 Å². The summed E-state index contributed by atoms with van der Waals surface area (Å²) in [4.78, 5) is 12.2. The summed E-state index contributed by atoms with van der Waals surface area (Å²) in [5.74, 6) is 0.236. The summed E-state index contributed by atoms with van der Waals surface area (Å²) in [6, 6.07) is 1.78. The van der Waals surface area contributed by atoms with Gasteiger partial charge in [0.25, 0.3) is 5.91 Å². The Bertz CT molecular complexity index is 547. The van der Waals surface area contributed by atoms with E-state index in [0.717, 1.165) is 37.3 Å². The van der Waals surface area contributed by atoms with Gasteiger partial charge in [-0.1, -0.05) is 6.92 Å². The molecular weight excluding hydrogens is 282 g/mol. The van der Waals surface area contributed by atoms with Gasteiger partial charge >= 0.3 is 0 Å². The van der Waals surface area contributed by atoms with Crippen molar-refractivity contribution >= 4 is 5.91 Å². The first-order chi connectivity index (χ1) is 10.5. The number of nitrogens with one attached hydrogen (secondary N) is 1. The van der Waals surface area contributed by atoms with Gasteiger partial charge in [-0.15, -0.1) is 0 Å². The van der Waals surface area contributed by atoms with Crippen LogP contribution < -0.4 is 5.32 Å². The Morgan fingerprint density at radius 2 is 2.23 bits per heavy atom. The maximum absolute atomic E-state index is 12.2. The predicted octanol–water partition coefficient (Wildman–Crippen LogP) is 1.78. The van der Waals surface area contributed by atoms with Crippen LogP contribution in [0.25, 0.3) is 0 Å². The van der Waals surface area contributed by atoms with Gasteiger partial charge in [0.05, 0.1) is 12.3 Å². The van der Waals surface area contributed by atoms with Gasteiger partial charge in [-0.2, -0.15) is 5.10 Å². The third-order valence-electron chi connectivity index (χ3n) is 4.67. The van der Waals surface area contributed by atoms with Crippen molar-refractivity contribution in [3.05, 3.63) is 17.5 Å². The lowest BCUT2D eigenvalue weighted by Gasteiger charge is -2.34. The Morgan fingerprint density at radius 1 is 1.50 bits per heavy atom. The number of hydrogen-bond donors (Lipinski definition) is 1. The molecule has 1 saturated carbocycles. The van der Waals surface area contributed by atoms with E-state index < -0.39 is 5.79 Å². The number of carbonyl (C=O) groups is 1. The van der Waals surface area contributed by atoms with E-state index in [4.69, 9.17) is 9.47 Å². The SMILES string of the molecule is Cc1cc(C(=O)NC[C@@H]2COC3(CCC(C)CC3)O2)n(C)n1. The minimum absolute atomic E-state index is 0.0633. The molecule has 1 spiro atoms. The number of ether oxygens (including phenoxy) is 2. The maximum Gasteiger partial charge on any atom is 0.269 e. The first kappa shape index (κ1) is 15.5. The second kappa shape index (κ2) is 6.01. The maximum atomic E-state index is 12.2.